The van der Waals surface area contributed by atoms with E-state index in [1.807, 2.05) is 30.8 Å². The molecule has 0 radical (unpaired) electrons. The second-order valence-electron chi connectivity index (χ2n) is 4.93. The van der Waals surface area contributed by atoms with Crippen molar-refractivity contribution in [1.82, 2.24) is 14.5 Å². The van der Waals surface area contributed by atoms with E-state index in [0.29, 0.717) is 11.8 Å². The Balaban J connectivity index is 2.41. The predicted molar refractivity (Wildman–Crippen MR) is 84.2 cm³/mol. The second kappa shape index (κ2) is 6.62. The number of fused-ring (bicyclic) bond motifs is 1. The summed E-state index contributed by atoms with van der Waals surface area (Å²) in [5.41, 5.74) is 3.00. The number of pyridine rings is 1. The van der Waals surface area contributed by atoms with Gasteiger partial charge in [0.2, 0.25) is 0 Å². The maximum absolute atomic E-state index is 5.89. The summed E-state index contributed by atoms with van der Waals surface area (Å²) in [6.45, 7) is 5.24. The molecule has 0 aliphatic carbocycles. The van der Waals surface area contributed by atoms with Gasteiger partial charge in [-0.25, -0.2) is 9.97 Å². The van der Waals surface area contributed by atoms with E-state index in [4.69, 9.17) is 11.6 Å². The van der Waals surface area contributed by atoms with Gasteiger partial charge in [0.1, 0.15) is 11.3 Å². The average molecular weight is 298 g/mol. The Hall–Kier alpha value is -0.740. The van der Waals surface area contributed by atoms with Gasteiger partial charge < -0.3 is 4.57 Å². The molecule has 2 aromatic rings. The highest BCUT2D eigenvalue weighted by molar-refractivity contribution is 7.98. The van der Waals surface area contributed by atoms with E-state index in [1.165, 1.54) is 0 Å². The molecule has 0 spiro atoms. The number of nitrogens with zero attached hydrogens (tertiary/aromatic N) is 3. The van der Waals surface area contributed by atoms with Crippen molar-refractivity contribution in [2.24, 2.45) is 5.92 Å². The first-order chi connectivity index (χ1) is 9.15. The third-order valence-electron chi connectivity index (χ3n) is 3.07. The lowest BCUT2D eigenvalue weighted by Gasteiger charge is -2.13. The monoisotopic (exact) mass is 297 g/mol. The van der Waals surface area contributed by atoms with E-state index in [-0.39, 0.29) is 0 Å². The van der Waals surface area contributed by atoms with Gasteiger partial charge in [-0.3, -0.25) is 0 Å². The van der Waals surface area contributed by atoms with E-state index >= 15 is 0 Å². The van der Waals surface area contributed by atoms with Crippen LogP contribution in [-0.2, 0) is 13.0 Å². The number of aryl methyl sites for hydroxylation is 2. The van der Waals surface area contributed by atoms with E-state index in [0.717, 1.165) is 41.4 Å². The molecule has 0 aliphatic heterocycles. The number of hydrogen-bond donors (Lipinski definition) is 0. The Morgan fingerprint density at radius 3 is 2.84 bits per heavy atom. The normalized spacial score (nSPS) is 13.1. The van der Waals surface area contributed by atoms with Gasteiger partial charge >= 0.3 is 0 Å². The minimum atomic E-state index is 0.596. The largest absolute Gasteiger partial charge is 0.312 e. The summed E-state index contributed by atoms with van der Waals surface area (Å²) in [7, 11) is 0. The molecule has 0 N–H and O–H groups in total. The molecule has 0 saturated heterocycles. The van der Waals surface area contributed by atoms with E-state index in [9.17, 15) is 0 Å². The molecule has 2 aromatic heterocycles. The Bertz CT molecular complexity index is 553. The van der Waals surface area contributed by atoms with Crippen LogP contribution in [0.4, 0.5) is 0 Å². The summed E-state index contributed by atoms with van der Waals surface area (Å²) in [5, 5.41) is 0. The minimum Gasteiger partial charge on any atom is -0.312 e. The van der Waals surface area contributed by atoms with Crippen molar-refractivity contribution < 1.29 is 0 Å². The second-order valence-corrected chi connectivity index (χ2v) is 6.22. The first kappa shape index (κ1) is 14.7. The molecule has 2 rings (SSSR count). The van der Waals surface area contributed by atoms with E-state index < -0.39 is 0 Å². The van der Waals surface area contributed by atoms with Gasteiger partial charge in [0.15, 0.2) is 5.65 Å². The zero-order valence-electron chi connectivity index (χ0n) is 11.7. The number of aromatic nitrogens is 3. The summed E-state index contributed by atoms with van der Waals surface area (Å²) >= 11 is 7.77. The van der Waals surface area contributed by atoms with Gasteiger partial charge in [0.25, 0.3) is 0 Å². The van der Waals surface area contributed by atoms with Gasteiger partial charge in [-0.15, -0.1) is 11.6 Å². The van der Waals surface area contributed by atoms with Crippen molar-refractivity contribution in [2.75, 3.05) is 17.9 Å². The van der Waals surface area contributed by atoms with Crippen LogP contribution in [0.5, 0.6) is 0 Å². The fraction of sp³-hybridized carbons (Fsp3) is 0.571. The number of hydrogen-bond acceptors (Lipinski definition) is 3. The van der Waals surface area contributed by atoms with Gasteiger partial charge in [-0.05, 0) is 37.0 Å². The lowest BCUT2D eigenvalue weighted by atomic mass is 10.2. The molecule has 3 nitrogen and oxygen atoms in total. The van der Waals surface area contributed by atoms with E-state index in [1.54, 1.807) is 0 Å². The van der Waals surface area contributed by atoms with Crippen molar-refractivity contribution in [3.63, 3.8) is 0 Å². The van der Waals surface area contributed by atoms with Crippen molar-refractivity contribution in [1.29, 1.82) is 0 Å². The molecule has 0 bridgehead atoms. The molecule has 0 aliphatic rings. The van der Waals surface area contributed by atoms with Gasteiger partial charge in [0, 0.05) is 24.5 Å². The molecular formula is C14H20ClN3S. The average Bonchev–Trinajstić information content (AvgIpc) is 2.68. The van der Waals surface area contributed by atoms with Crippen molar-refractivity contribution in [3.05, 3.63) is 23.7 Å². The molecule has 0 fully saturated rings. The lowest BCUT2D eigenvalue weighted by Crippen LogP contribution is -2.13. The third-order valence-corrected chi connectivity index (χ3v) is 4.17. The van der Waals surface area contributed by atoms with Crippen LogP contribution in [0.3, 0.4) is 0 Å². The number of imidazole rings is 1. The van der Waals surface area contributed by atoms with Crippen LogP contribution in [0.2, 0.25) is 0 Å². The maximum Gasteiger partial charge on any atom is 0.160 e. The Labute approximate surface area is 123 Å². The molecule has 0 saturated carbocycles. The fourth-order valence-corrected chi connectivity index (χ4v) is 3.10. The van der Waals surface area contributed by atoms with Gasteiger partial charge in [0.05, 0.1) is 0 Å². The smallest absolute Gasteiger partial charge is 0.160 e. The van der Waals surface area contributed by atoms with Crippen molar-refractivity contribution in [2.45, 2.75) is 26.8 Å². The summed E-state index contributed by atoms with van der Waals surface area (Å²) in [4.78, 5) is 9.31. The van der Waals surface area contributed by atoms with Crippen LogP contribution in [0.15, 0.2) is 12.1 Å². The van der Waals surface area contributed by atoms with Crippen LogP contribution in [-0.4, -0.2) is 32.4 Å². The quantitative estimate of drug-likeness (QED) is 0.764. The Morgan fingerprint density at radius 1 is 1.37 bits per heavy atom. The number of rotatable bonds is 6. The lowest BCUT2D eigenvalue weighted by molar-refractivity contribution is 0.523. The molecular weight excluding hydrogens is 278 g/mol. The summed E-state index contributed by atoms with van der Waals surface area (Å²) in [6.07, 6.45) is 2.94. The van der Waals surface area contributed by atoms with Crippen LogP contribution in [0, 0.1) is 12.8 Å². The number of thioether (sulfide) groups is 1. The molecule has 104 valence electrons. The highest BCUT2D eigenvalue weighted by Crippen LogP contribution is 2.18. The summed E-state index contributed by atoms with van der Waals surface area (Å²) in [6, 6.07) is 4.06. The SMILES string of the molecule is CSCC(C)Cn1c(CCCl)nc2ccc(C)nc21. The topological polar surface area (TPSA) is 30.7 Å². The van der Waals surface area contributed by atoms with Gasteiger partial charge in [-0.2, -0.15) is 11.8 Å². The molecule has 2 heterocycles. The van der Waals surface area contributed by atoms with Crippen molar-refractivity contribution in [3.8, 4) is 0 Å². The summed E-state index contributed by atoms with van der Waals surface area (Å²) < 4.78 is 2.24. The van der Waals surface area contributed by atoms with Gasteiger partial charge in [-0.1, -0.05) is 6.92 Å². The fourth-order valence-electron chi connectivity index (χ4n) is 2.26. The zero-order chi connectivity index (χ0) is 13.8. The third kappa shape index (κ3) is 3.42. The van der Waals surface area contributed by atoms with Crippen LogP contribution in [0.25, 0.3) is 11.2 Å². The molecule has 1 unspecified atom stereocenters. The summed E-state index contributed by atoms with van der Waals surface area (Å²) in [5.74, 6) is 3.39. The Kier molecular flexibility index (Phi) is 5.11. The molecule has 5 heteroatoms. The molecule has 0 aromatic carbocycles. The molecule has 0 amide bonds. The molecule has 1 atom stereocenters. The highest BCUT2D eigenvalue weighted by Gasteiger charge is 2.14. The van der Waals surface area contributed by atoms with E-state index in [2.05, 4.69) is 27.7 Å². The number of alkyl halides is 1. The molecule has 19 heavy (non-hydrogen) atoms. The zero-order valence-corrected chi connectivity index (χ0v) is 13.3. The number of halogens is 1. The highest BCUT2D eigenvalue weighted by atomic mass is 35.5. The Morgan fingerprint density at radius 2 is 2.16 bits per heavy atom. The van der Waals surface area contributed by atoms with Crippen LogP contribution in [0.1, 0.15) is 18.4 Å². The standard InChI is InChI=1S/C14H20ClN3S/c1-10(9-19-3)8-18-13(6-7-15)17-12-5-4-11(2)16-14(12)18/h4-5,10H,6-9H2,1-3H3. The first-order valence-electron chi connectivity index (χ1n) is 6.53. The van der Waals surface area contributed by atoms with Crippen LogP contribution >= 0.6 is 23.4 Å². The maximum atomic E-state index is 5.89. The first-order valence-corrected chi connectivity index (χ1v) is 8.46. The van der Waals surface area contributed by atoms with Crippen molar-refractivity contribution >= 4 is 34.5 Å². The predicted octanol–water partition coefficient (Wildman–Crippen LogP) is 3.52. The minimum absolute atomic E-state index is 0.596. The van der Waals surface area contributed by atoms with Crippen LogP contribution < -0.4 is 0 Å².